The lowest BCUT2D eigenvalue weighted by molar-refractivity contribution is -0.0188. The molecule has 1 aromatic heterocycles. The zero-order valence-electron chi connectivity index (χ0n) is 9.58. The minimum atomic E-state index is -0.514. The van der Waals surface area contributed by atoms with Gasteiger partial charge in [-0.1, -0.05) is 18.5 Å². The molecule has 1 N–H and O–H groups in total. The molecule has 4 heteroatoms. The summed E-state index contributed by atoms with van der Waals surface area (Å²) in [5.74, 6) is 0. The maximum absolute atomic E-state index is 10.5. The molecule has 0 unspecified atom stereocenters. The standard InChI is InChI=1S/C12H18ClNOS/c1-2-14-7-5-12(15,6-8-14)9-10-3-4-11(13)16-10/h3-4,15H,2,5-9H2,1H3. The van der Waals surface area contributed by atoms with Gasteiger partial charge in [-0.05, 0) is 31.5 Å². The highest BCUT2D eigenvalue weighted by atomic mass is 35.5. The van der Waals surface area contributed by atoms with E-state index in [0.29, 0.717) is 0 Å². The van der Waals surface area contributed by atoms with Crippen LogP contribution in [-0.4, -0.2) is 35.2 Å². The van der Waals surface area contributed by atoms with Crippen LogP contribution in [-0.2, 0) is 6.42 Å². The summed E-state index contributed by atoms with van der Waals surface area (Å²) in [5, 5.41) is 10.5. The molecule has 0 aromatic carbocycles. The third-order valence-corrected chi connectivity index (χ3v) is 4.60. The van der Waals surface area contributed by atoms with Crippen molar-refractivity contribution < 1.29 is 5.11 Å². The number of hydrogen-bond acceptors (Lipinski definition) is 3. The molecule has 1 aliphatic rings. The summed E-state index contributed by atoms with van der Waals surface area (Å²) in [4.78, 5) is 3.58. The summed E-state index contributed by atoms with van der Waals surface area (Å²) in [6.45, 7) is 5.27. The molecule has 2 nitrogen and oxygen atoms in total. The van der Waals surface area contributed by atoms with Gasteiger partial charge in [0.15, 0.2) is 0 Å². The lowest BCUT2D eigenvalue weighted by atomic mass is 9.88. The van der Waals surface area contributed by atoms with E-state index in [4.69, 9.17) is 11.6 Å². The number of likely N-dealkylation sites (tertiary alicyclic amines) is 1. The van der Waals surface area contributed by atoms with Crippen LogP contribution in [0.25, 0.3) is 0 Å². The zero-order chi connectivity index (χ0) is 11.6. The first-order valence-electron chi connectivity index (χ1n) is 5.80. The zero-order valence-corrected chi connectivity index (χ0v) is 11.2. The van der Waals surface area contributed by atoms with Crippen LogP contribution < -0.4 is 0 Å². The van der Waals surface area contributed by atoms with Crippen molar-refractivity contribution in [2.24, 2.45) is 0 Å². The molecule has 1 saturated heterocycles. The number of hydrogen-bond donors (Lipinski definition) is 1. The van der Waals surface area contributed by atoms with Crippen LogP contribution in [0, 0.1) is 0 Å². The van der Waals surface area contributed by atoms with E-state index in [2.05, 4.69) is 11.8 Å². The first-order valence-corrected chi connectivity index (χ1v) is 7.00. The van der Waals surface area contributed by atoms with Crippen LogP contribution in [0.3, 0.4) is 0 Å². The van der Waals surface area contributed by atoms with Gasteiger partial charge in [0.2, 0.25) is 0 Å². The van der Waals surface area contributed by atoms with Gasteiger partial charge in [0.05, 0.1) is 9.94 Å². The van der Waals surface area contributed by atoms with Crippen LogP contribution in [0.1, 0.15) is 24.6 Å². The molecular weight excluding hydrogens is 242 g/mol. The van der Waals surface area contributed by atoms with E-state index in [1.54, 1.807) is 11.3 Å². The Labute approximate surface area is 106 Å². The molecule has 2 heterocycles. The topological polar surface area (TPSA) is 23.5 Å². The van der Waals surface area contributed by atoms with E-state index >= 15 is 0 Å². The SMILES string of the molecule is CCN1CCC(O)(Cc2ccc(Cl)s2)CC1. The number of thiophene rings is 1. The fourth-order valence-electron chi connectivity index (χ4n) is 2.23. The van der Waals surface area contributed by atoms with Gasteiger partial charge in [-0.2, -0.15) is 0 Å². The van der Waals surface area contributed by atoms with Crippen molar-refractivity contribution in [2.45, 2.75) is 31.8 Å². The number of nitrogens with zero attached hydrogens (tertiary/aromatic N) is 1. The summed E-state index contributed by atoms with van der Waals surface area (Å²) >= 11 is 7.48. The van der Waals surface area contributed by atoms with E-state index < -0.39 is 5.60 Å². The predicted octanol–water partition coefficient (Wildman–Crippen LogP) is 2.79. The molecule has 0 radical (unpaired) electrons. The van der Waals surface area contributed by atoms with Gasteiger partial charge in [-0.3, -0.25) is 0 Å². The van der Waals surface area contributed by atoms with Crippen molar-refractivity contribution in [2.75, 3.05) is 19.6 Å². The number of rotatable bonds is 3. The Bertz CT molecular complexity index is 345. The molecule has 1 fully saturated rings. The predicted molar refractivity (Wildman–Crippen MR) is 69.3 cm³/mol. The molecule has 2 rings (SSSR count). The Morgan fingerprint density at radius 3 is 2.62 bits per heavy atom. The van der Waals surface area contributed by atoms with Crippen molar-refractivity contribution >= 4 is 22.9 Å². The Morgan fingerprint density at radius 2 is 2.12 bits per heavy atom. The number of piperidine rings is 1. The molecule has 0 amide bonds. The smallest absolute Gasteiger partial charge is 0.0931 e. The van der Waals surface area contributed by atoms with Crippen molar-refractivity contribution in [1.29, 1.82) is 0 Å². The Hall–Kier alpha value is -0.0900. The monoisotopic (exact) mass is 259 g/mol. The van der Waals surface area contributed by atoms with Crippen LogP contribution in [0.15, 0.2) is 12.1 Å². The summed E-state index contributed by atoms with van der Waals surface area (Å²) < 4.78 is 0.810. The largest absolute Gasteiger partial charge is 0.389 e. The first kappa shape index (κ1) is 12.4. The maximum Gasteiger partial charge on any atom is 0.0931 e. The van der Waals surface area contributed by atoms with Gasteiger partial charge in [0, 0.05) is 24.4 Å². The summed E-state index contributed by atoms with van der Waals surface area (Å²) in [5.41, 5.74) is -0.514. The highest BCUT2D eigenvalue weighted by Gasteiger charge is 2.32. The minimum Gasteiger partial charge on any atom is -0.389 e. The van der Waals surface area contributed by atoms with E-state index in [9.17, 15) is 5.11 Å². The number of halogens is 1. The third-order valence-electron chi connectivity index (χ3n) is 3.37. The summed E-state index contributed by atoms with van der Waals surface area (Å²) in [6.07, 6.45) is 2.49. The third kappa shape index (κ3) is 2.98. The van der Waals surface area contributed by atoms with E-state index in [1.165, 1.54) is 4.88 Å². The molecule has 90 valence electrons. The van der Waals surface area contributed by atoms with Gasteiger partial charge in [0.25, 0.3) is 0 Å². The van der Waals surface area contributed by atoms with E-state index in [-0.39, 0.29) is 0 Å². The average molecular weight is 260 g/mol. The first-order chi connectivity index (χ1) is 7.61. The molecule has 0 bridgehead atoms. The molecule has 0 saturated carbocycles. The second-order valence-electron chi connectivity index (χ2n) is 4.54. The normalized spacial score (nSPS) is 21.2. The van der Waals surface area contributed by atoms with Gasteiger partial charge in [-0.25, -0.2) is 0 Å². The average Bonchev–Trinajstić information content (AvgIpc) is 2.64. The lowest BCUT2D eigenvalue weighted by Gasteiger charge is -2.37. The summed E-state index contributed by atoms with van der Waals surface area (Å²) in [7, 11) is 0. The van der Waals surface area contributed by atoms with Crippen LogP contribution in [0.4, 0.5) is 0 Å². The van der Waals surface area contributed by atoms with Gasteiger partial charge in [-0.15, -0.1) is 11.3 Å². The molecule has 1 aromatic rings. The van der Waals surface area contributed by atoms with Crippen molar-refractivity contribution in [3.05, 3.63) is 21.3 Å². The Kier molecular flexibility index (Phi) is 3.90. The quantitative estimate of drug-likeness (QED) is 0.902. The maximum atomic E-state index is 10.5. The molecule has 0 aliphatic carbocycles. The lowest BCUT2D eigenvalue weighted by Crippen LogP contribution is -2.45. The fourth-order valence-corrected chi connectivity index (χ4v) is 3.46. The van der Waals surface area contributed by atoms with Gasteiger partial charge in [0.1, 0.15) is 0 Å². The van der Waals surface area contributed by atoms with Crippen LogP contribution in [0.2, 0.25) is 4.34 Å². The Morgan fingerprint density at radius 1 is 1.44 bits per heavy atom. The highest BCUT2D eigenvalue weighted by Crippen LogP contribution is 2.30. The molecule has 1 aliphatic heterocycles. The minimum absolute atomic E-state index is 0.514. The second-order valence-corrected chi connectivity index (χ2v) is 6.34. The molecule has 0 atom stereocenters. The molecule has 0 spiro atoms. The van der Waals surface area contributed by atoms with Crippen LogP contribution in [0.5, 0.6) is 0 Å². The van der Waals surface area contributed by atoms with E-state index in [1.807, 2.05) is 12.1 Å². The van der Waals surface area contributed by atoms with Crippen molar-refractivity contribution in [3.8, 4) is 0 Å². The molecular formula is C12H18ClNOS. The second kappa shape index (κ2) is 5.05. The number of aliphatic hydroxyl groups is 1. The fraction of sp³-hybridized carbons (Fsp3) is 0.667. The summed E-state index contributed by atoms with van der Waals surface area (Å²) in [6, 6.07) is 3.93. The van der Waals surface area contributed by atoms with Crippen molar-refractivity contribution in [3.63, 3.8) is 0 Å². The van der Waals surface area contributed by atoms with E-state index in [0.717, 1.165) is 43.2 Å². The highest BCUT2D eigenvalue weighted by molar-refractivity contribution is 7.16. The van der Waals surface area contributed by atoms with Gasteiger partial charge >= 0.3 is 0 Å². The molecule has 16 heavy (non-hydrogen) atoms. The Balaban J connectivity index is 1.94. The van der Waals surface area contributed by atoms with Crippen molar-refractivity contribution in [1.82, 2.24) is 4.90 Å². The van der Waals surface area contributed by atoms with Gasteiger partial charge < -0.3 is 10.0 Å². The van der Waals surface area contributed by atoms with Crippen LogP contribution >= 0.6 is 22.9 Å².